The minimum atomic E-state index is -0.286. The zero-order valence-electron chi connectivity index (χ0n) is 12.4. The van der Waals surface area contributed by atoms with E-state index in [-0.39, 0.29) is 17.2 Å². The second-order valence-corrected chi connectivity index (χ2v) is 6.27. The van der Waals surface area contributed by atoms with Crippen molar-refractivity contribution in [3.63, 3.8) is 0 Å². The molecule has 0 aliphatic carbocycles. The third kappa shape index (κ3) is 3.60. The lowest BCUT2D eigenvalue weighted by molar-refractivity contribution is 0.0935. The number of carbonyl (C=O) groups is 1. The van der Waals surface area contributed by atoms with E-state index in [1.165, 1.54) is 13.5 Å². The van der Waals surface area contributed by atoms with Gasteiger partial charge in [0, 0.05) is 12.6 Å². The fourth-order valence-electron chi connectivity index (χ4n) is 2.78. The zero-order valence-corrected chi connectivity index (χ0v) is 14.5. The van der Waals surface area contributed by atoms with Gasteiger partial charge in [0.25, 0.3) is 5.91 Å². The predicted octanol–water partition coefficient (Wildman–Crippen LogP) is 2.22. The molecule has 1 atom stereocenters. The number of hydrogen-bond acceptors (Lipinski definition) is 4. The molecule has 0 spiro atoms. The Bertz CT molecular complexity index is 522. The second-order valence-electron chi connectivity index (χ2n) is 5.11. The van der Waals surface area contributed by atoms with Crippen LogP contribution in [0.1, 0.15) is 30.1 Å². The largest absolute Gasteiger partial charge is 0.506 e. The summed E-state index contributed by atoms with van der Waals surface area (Å²) in [6.07, 6.45) is 2.27. The first-order valence-electron chi connectivity index (χ1n) is 7.16. The molecular weight excluding hydrogens is 381 g/mol. The van der Waals surface area contributed by atoms with Crippen LogP contribution in [0.25, 0.3) is 0 Å². The molecule has 1 amide bonds. The van der Waals surface area contributed by atoms with Gasteiger partial charge in [0.15, 0.2) is 0 Å². The lowest BCUT2D eigenvalue weighted by atomic mass is 10.1. The number of carbonyl (C=O) groups excluding carboxylic acids is 1. The van der Waals surface area contributed by atoms with Crippen LogP contribution in [0.4, 0.5) is 0 Å². The second kappa shape index (κ2) is 7.31. The van der Waals surface area contributed by atoms with Gasteiger partial charge in [-0.25, -0.2) is 0 Å². The summed E-state index contributed by atoms with van der Waals surface area (Å²) < 4.78 is 5.82. The molecular formula is C15H21IN2O3. The Morgan fingerprint density at radius 1 is 1.57 bits per heavy atom. The number of likely N-dealkylation sites (N-methyl/N-ethyl adjacent to an activating group) is 1. The molecule has 6 heteroatoms. The number of rotatable bonds is 5. The number of benzene rings is 1. The fourth-order valence-corrected chi connectivity index (χ4v) is 3.23. The Balaban J connectivity index is 2.08. The maximum atomic E-state index is 12.4. The van der Waals surface area contributed by atoms with Crippen LogP contribution in [0.15, 0.2) is 12.1 Å². The van der Waals surface area contributed by atoms with E-state index >= 15 is 0 Å². The van der Waals surface area contributed by atoms with E-state index in [1.807, 2.05) is 22.6 Å². The van der Waals surface area contributed by atoms with Crippen molar-refractivity contribution in [1.82, 2.24) is 10.2 Å². The molecule has 1 aliphatic rings. The third-order valence-corrected chi connectivity index (χ3v) is 4.81. The predicted molar refractivity (Wildman–Crippen MR) is 90.0 cm³/mol. The van der Waals surface area contributed by atoms with Crippen LogP contribution < -0.4 is 10.1 Å². The molecule has 0 bridgehead atoms. The van der Waals surface area contributed by atoms with Crippen LogP contribution in [0.2, 0.25) is 0 Å². The average Bonchev–Trinajstić information content (AvgIpc) is 2.94. The molecule has 1 aromatic rings. The Hall–Kier alpha value is -1.02. The number of amides is 1. The third-order valence-electron chi connectivity index (χ3n) is 3.94. The molecule has 1 aromatic carbocycles. The molecule has 21 heavy (non-hydrogen) atoms. The van der Waals surface area contributed by atoms with Crippen LogP contribution in [0, 0.1) is 3.57 Å². The van der Waals surface area contributed by atoms with Gasteiger partial charge in [-0.15, -0.1) is 0 Å². The summed E-state index contributed by atoms with van der Waals surface area (Å²) in [6, 6.07) is 3.81. The number of phenols is 1. The van der Waals surface area contributed by atoms with Gasteiger partial charge in [0.05, 0.1) is 10.7 Å². The summed E-state index contributed by atoms with van der Waals surface area (Å²) in [6.45, 7) is 4.82. The minimum absolute atomic E-state index is 0.0220. The van der Waals surface area contributed by atoms with Crippen molar-refractivity contribution >= 4 is 28.5 Å². The topological polar surface area (TPSA) is 61.8 Å². The van der Waals surface area contributed by atoms with E-state index in [1.54, 1.807) is 12.1 Å². The van der Waals surface area contributed by atoms with E-state index in [0.717, 1.165) is 19.5 Å². The van der Waals surface area contributed by atoms with E-state index in [4.69, 9.17) is 4.74 Å². The summed E-state index contributed by atoms with van der Waals surface area (Å²) in [7, 11) is 1.49. The first kappa shape index (κ1) is 16.4. The molecule has 1 heterocycles. The van der Waals surface area contributed by atoms with Crippen molar-refractivity contribution in [2.45, 2.75) is 25.8 Å². The maximum absolute atomic E-state index is 12.4. The highest BCUT2D eigenvalue weighted by molar-refractivity contribution is 14.1. The number of halogens is 1. The summed E-state index contributed by atoms with van der Waals surface area (Å²) >= 11 is 2.00. The van der Waals surface area contributed by atoms with Crippen molar-refractivity contribution in [3.8, 4) is 11.5 Å². The van der Waals surface area contributed by atoms with Gasteiger partial charge in [-0.3, -0.25) is 9.69 Å². The number of nitrogens with zero attached hydrogens (tertiary/aromatic N) is 1. The van der Waals surface area contributed by atoms with Crippen LogP contribution >= 0.6 is 22.6 Å². The number of aromatic hydroxyl groups is 1. The Morgan fingerprint density at radius 2 is 2.33 bits per heavy atom. The Labute approximate surface area is 138 Å². The highest BCUT2D eigenvalue weighted by atomic mass is 125. The number of likely N-dealkylation sites (tertiary alicyclic amines) is 1. The molecule has 0 radical (unpaired) electrons. The molecule has 2 rings (SSSR count). The molecule has 2 N–H and O–H groups in total. The Kier molecular flexibility index (Phi) is 5.69. The fraction of sp³-hybridized carbons (Fsp3) is 0.533. The van der Waals surface area contributed by atoms with Crippen molar-refractivity contribution in [2.75, 3.05) is 26.7 Å². The number of phenolic OH excluding ortho intramolecular Hbond substituents is 1. The highest BCUT2D eigenvalue weighted by Gasteiger charge is 2.25. The summed E-state index contributed by atoms with van der Waals surface area (Å²) in [5.41, 5.74) is 0.213. The number of ether oxygens (including phenoxy) is 1. The number of nitrogens with one attached hydrogen (secondary N) is 1. The molecule has 116 valence electrons. The lowest BCUT2D eigenvalue weighted by Crippen LogP contribution is -2.40. The molecule has 0 aromatic heterocycles. The highest BCUT2D eigenvalue weighted by Crippen LogP contribution is 2.32. The van der Waals surface area contributed by atoms with Crippen molar-refractivity contribution < 1.29 is 14.6 Å². The molecule has 1 fully saturated rings. The van der Waals surface area contributed by atoms with Crippen molar-refractivity contribution in [1.29, 1.82) is 0 Å². The minimum Gasteiger partial charge on any atom is -0.506 e. The monoisotopic (exact) mass is 402 g/mol. The molecule has 1 aliphatic heterocycles. The summed E-state index contributed by atoms with van der Waals surface area (Å²) in [5, 5.41) is 13.0. The molecule has 1 saturated heterocycles. The van der Waals surface area contributed by atoms with Crippen LogP contribution in [-0.2, 0) is 0 Å². The van der Waals surface area contributed by atoms with Gasteiger partial charge < -0.3 is 15.2 Å². The van der Waals surface area contributed by atoms with Gasteiger partial charge in [-0.05, 0) is 60.7 Å². The van der Waals surface area contributed by atoms with E-state index in [2.05, 4.69) is 17.1 Å². The Morgan fingerprint density at radius 3 is 3.00 bits per heavy atom. The molecule has 0 saturated carbocycles. The van der Waals surface area contributed by atoms with E-state index in [9.17, 15) is 9.90 Å². The zero-order chi connectivity index (χ0) is 15.4. The standard InChI is InChI=1S/C15H21IN2O3/c1-3-18-8-4-5-10(18)9-17-15(20)13-12(21-2)7-6-11(16)14(13)19/h6-7,10,19H,3-5,8-9H2,1-2H3,(H,17,20)/t10-/m0/s1/i16-2. The van der Waals surface area contributed by atoms with Crippen molar-refractivity contribution in [3.05, 3.63) is 21.3 Å². The SMILES string of the molecule is CCN1CCC[C@H]1CNC(=O)c1c(OC)ccc([125I])c1O. The molecule has 5 nitrogen and oxygen atoms in total. The van der Waals surface area contributed by atoms with Gasteiger partial charge >= 0.3 is 0 Å². The quantitative estimate of drug-likeness (QED) is 0.742. The number of methoxy groups -OCH3 is 1. The average molecular weight is 402 g/mol. The first-order chi connectivity index (χ1) is 10.1. The van der Waals surface area contributed by atoms with Gasteiger partial charge in [0.1, 0.15) is 17.1 Å². The first-order valence-corrected chi connectivity index (χ1v) is 8.24. The van der Waals surface area contributed by atoms with Gasteiger partial charge in [-0.1, -0.05) is 6.92 Å². The van der Waals surface area contributed by atoms with E-state index in [0.29, 0.717) is 21.9 Å². The summed E-state index contributed by atoms with van der Waals surface area (Å²) in [4.78, 5) is 14.7. The normalized spacial score (nSPS) is 18.7. The van der Waals surface area contributed by atoms with Crippen LogP contribution in [-0.4, -0.2) is 48.7 Å². The van der Waals surface area contributed by atoms with Crippen molar-refractivity contribution in [2.24, 2.45) is 0 Å². The maximum Gasteiger partial charge on any atom is 0.258 e. The van der Waals surface area contributed by atoms with Crippen LogP contribution in [0.3, 0.4) is 0 Å². The smallest absolute Gasteiger partial charge is 0.258 e. The van der Waals surface area contributed by atoms with E-state index < -0.39 is 0 Å². The van der Waals surface area contributed by atoms with Gasteiger partial charge in [-0.2, -0.15) is 0 Å². The number of hydrogen-bond donors (Lipinski definition) is 2. The van der Waals surface area contributed by atoms with Gasteiger partial charge in [0.2, 0.25) is 0 Å². The summed E-state index contributed by atoms with van der Waals surface area (Å²) in [5.74, 6) is 0.0845. The molecule has 0 unspecified atom stereocenters. The lowest BCUT2D eigenvalue weighted by Gasteiger charge is -2.23. The van der Waals surface area contributed by atoms with Crippen LogP contribution in [0.5, 0.6) is 11.5 Å².